The topological polar surface area (TPSA) is 75.7 Å². The minimum atomic E-state index is -0.782. The first-order valence-electron chi connectivity index (χ1n) is 8.11. The molecule has 1 atom stereocenters. The van der Waals surface area contributed by atoms with Gasteiger partial charge >= 0.3 is 5.97 Å². The minimum Gasteiger partial charge on any atom is -0.468 e. The Hall–Kier alpha value is -2.08. The first-order valence-corrected chi connectivity index (χ1v) is 8.49. The molecule has 0 bridgehead atoms. The van der Waals surface area contributed by atoms with Gasteiger partial charge < -0.3 is 15.0 Å². The third kappa shape index (κ3) is 5.74. The van der Waals surface area contributed by atoms with E-state index in [0.29, 0.717) is 10.6 Å². The number of ether oxygens (including phenoxy) is 1. The second kappa shape index (κ2) is 9.42. The van der Waals surface area contributed by atoms with Gasteiger partial charge in [0.1, 0.15) is 12.6 Å². The molecule has 0 radical (unpaired) electrons. The molecule has 1 aromatic carbocycles. The maximum Gasteiger partial charge on any atom is 0.325 e. The molecule has 0 fully saturated rings. The number of nitrogens with one attached hydrogen (secondary N) is 1. The van der Waals surface area contributed by atoms with Crippen LogP contribution >= 0.6 is 11.6 Å². The van der Waals surface area contributed by atoms with Crippen molar-refractivity contribution in [3.63, 3.8) is 0 Å². The van der Waals surface area contributed by atoms with Gasteiger partial charge in [-0.3, -0.25) is 14.4 Å². The van der Waals surface area contributed by atoms with Crippen LogP contribution in [0, 0.1) is 5.92 Å². The summed E-state index contributed by atoms with van der Waals surface area (Å²) < 4.78 is 4.65. The zero-order valence-electron chi connectivity index (χ0n) is 15.2. The van der Waals surface area contributed by atoms with Gasteiger partial charge in [-0.05, 0) is 31.9 Å². The van der Waals surface area contributed by atoms with Crippen molar-refractivity contribution in [1.82, 2.24) is 10.2 Å². The second-order valence-corrected chi connectivity index (χ2v) is 6.72. The van der Waals surface area contributed by atoms with E-state index >= 15 is 0 Å². The molecule has 6 nitrogen and oxygen atoms in total. The van der Waals surface area contributed by atoms with E-state index in [9.17, 15) is 14.4 Å². The third-order valence-corrected chi connectivity index (χ3v) is 4.10. The molecule has 0 saturated carbocycles. The number of benzene rings is 1. The van der Waals surface area contributed by atoms with Crippen molar-refractivity contribution in [2.45, 2.75) is 39.8 Å². The average Bonchev–Trinajstić information content (AvgIpc) is 2.56. The smallest absolute Gasteiger partial charge is 0.325 e. The largest absolute Gasteiger partial charge is 0.468 e. The number of hydrogen-bond donors (Lipinski definition) is 1. The van der Waals surface area contributed by atoms with Crippen molar-refractivity contribution < 1.29 is 19.1 Å². The van der Waals surface area contributed by atoms with Gasteiger partial charge in [0.15, 0.2) is 0 Å². The molecule has 1 rings (SSSR count). The van der Waals surface area contributed by atoms with Crippen molar-refractivity contribution in [2.75, 3.05) is 13.7 Å². The summed E-state index contributed by atoms with van der Waals surface area (Å²) in [6.07, 6.45) is 0. The molecule has 1 unspecified atom stereocenters. The van der Waals surface area contributed by atoms with Gasteiger partial charge in [0.2, 0.25) is 5.91 Å². The molecule has 25 heavy (non-hydrogen) atoms. The Balaban J connectivity index is 3.01. The van der Waals surface area contributed by atoms with Gasteiger partial charge in [0, 0.05) is 6.04 Å². The first-order chi connectivity index (χ1) is 11.7. The molecule has 2 amide bonds. The fourth-order valence-electron chi connectivity index (χ4n) is 2.28. The van der Waals surface area contributed by atoms with Crippen LogP contribution in [0.2, 0.25) is 5.02 Å². The lowest BCUT2D eigenvalue weighted by atomic mass is 10.0. The highest BCUT2D eigenvalue weighted by molar-refractivity contribution is 6.33. The van der Waals surface area contributed by atoms with E-state index < -0.39 is 17.9 Å². The number of amides is 2. The summed E-state index contributed by atoms with van der Waals surface area (Å²) in [4.78, 5) is 38.4. The SMILES string of the molecule is COC(=O)CN(C(=O)C(NC(=O)c1ccccc1Cl)C(C)C)C(C)C. The Morgan fingerprint density at radius 1 is 1.16 bits per heavy atom. The fourth-order valence-corrected chi connectivity index (χ4v) is 2.50. The van der Waals surface area contributed by atoms with Gasteiger partial charge in [-0.2, -0.15) is 0 Å². The van der Waals surface area contributed by atoms with Crippen molar-refractivity contribution in [3.8, 4) is 0 Å². The summed E-state index contributed by atoms with van der Waals surface area (Å²) in [5.74, 6) is -1.45. The van der Waals surface area contributed by atoms with Crippen LogP contribution in [0.4, 0.5) is 0 Å². The quantitative estimate of drug-likeness (QED) is 0.750. The van der Waals surface area contributed by atoms with Crippen molar-refractivity contribution in [2.24, 2.45) is 5.92 Å². The Morgan fingerprint density at radius 3 is 2.24 bits per heavy atom. The molecule has 1 aromatic rings. The number of hydrogen-bond acceptors (Lipinski definition) is 4. The van der Waals surface area contributed by atoms with Crippen LogP contribution in [0.15, 0.2) is 24.3 Å². The summed E-state index contributed by atoms with van der Waals surface area (Å²) >= 11 is 6.04. The molecule has 7 heteroatoms. The monoisotopic (exact) mass is 368 g/mol. The number of rotatable bonds is 7. The first kappa shape index (κ1) is 21.0. The number of carbonyl (C=O) groups is 3. The Morgan fingerprint density at radius 2 is 1.76 bits per heavy atom. The molecule has 0 aromatic heterocycles. The average molecular weight is 369 g/mol. The van der Waals surface area contributed by atoms with Crippen LogP contribution < -0.4 is 5.32 Å². The van der Waals surface area contributed by atoms with E-state index in [1.54, 1.807) is 38.1 Å². The van der Waals surface area contributed by atoms with Gasteiger partial charge in [0.25, 0.3) is 5.91 Å². The predicted octanol–water partition coefficient (Wildman–Crippen LogP) is 2.50. The number of carbonyl (C=O) groups excluding carboxylic acids is 3. The maximum atomic E-state index is 12.9. The molecular weight excluding hydrogens is 344 g/mol. The lowest BCUT2D eigenvalue weighted by Gasteiger charge is -2.31. The molecule has 1 N–H and O–H groups in total. The van der Waals surface area contributed by atoms with E-state index in [1.165, 1.54) is 12.0 Å². The molecular formula is C18H25ClN2O4. The molecule has 0 heterocycles. The molecule has 0 spiro atoms. The number of nitrogens with zero attached hydrogens (tertiary/aromatic N) is 1. The van der Waals surface area contributed by atoms with Crippen LogP contribution in [0.1, 0.15) is 38.1 Å². The van der Waals surface area contributed by atoms with E-state index in [4.69, 9.17) is 11.6 Å². The van der Waals surface area contributed by atoms with Crippen molar-refractivity contribution in [3.05, 3.63) is 34.9 Å². The van der Waals surface area contributed by atoms with Crippen LogP contribution in [-0.4, -0.2) is 48.4 Å². The highest BCUT2D eigenvalue weighted by Gasteiger charge is 2.31. The van der Waals surface area contributed by atoms with E-state index in [2.05, 4.69) is 10.1 Å². The van der Waals surface area contributed by atoms with Crippen LogP contribution in [-0.2, 0) is 14.3 Å². The summed E-state index contributed by atoms with van der Waals surface area (Å²) in [5, 5.41) is 3.04. The maximum absolute atomic E-state index is 12.9. The minimum absolute atomic E-state index is 0.168. The lowest BCUT2D eigenvalue weighted by Crippen LogP contribution is -2.54. The summed E-state index contributed by atoms with van der Waals surface area (Å²) in [5.41, 5.74) is 0.298. The zero-order chi connectivity index (χ0) is 19.1. The van der Waals surface area contributed by atoms with Gasteiger partial charge in [-0.25, -0.2) is 0 Å². The Kier molecular flexibility index (Phi) is 7.90. The van der Waals surface area contributed by atoms with Gasteiger partial charge in [-0.1, -0.05) is 37.6 Å². The molecule has 0 aliphatic rings. The van der Waals surface area contributed by atoms with Crippen molar-refractivity contribution >= 4 is 29.4 Å². The van der Waals surface area contributed by atoms with Gasteiger partial charge in [-0.15, -0.1) is 0 Å². The normalized spacial score (nSPS) is 12.0. The molecule has 138 valence electrons. The van der Waals surface area contributed by atoms with Crippen LogP contribution in [0.5, 0.6) is 0 Å². The highest BCUT2D eigenvalue weighted by atomic mass is 35.5. The van der Waals surface area contributed by atoms with E-state index in [-0.39, 0.29) is 24.4 Å². The van der Waals surface area contributed by atoms with Crippen molar-refractivity contribution in [1.29, 1.82) is 0 Å². The number of esters is 1. The third-order valence-electron chi connectivity index (χ3n) is 3.77. The summed E-state index contributed by atoms with van der Waals surface area (Å²) in [7, 11) is 1.27. The standard InChI is InChI=1S/C18H25ClN2O4/c1-11(2)16(18(24)21(12(3)4)10-15(22)25-5)20-17(23)13-8-6-7-9-14(13)19/h6-9,11-12,16H,10H2,1-5H3,(H,20,23). The Bertz CT molecular complexity index is 631. The second-order valence-electron chi connectivity index (χ2n) is 6.31. The zero-order valence-corrected chi connectivity index (χ0v) is 16.0. The highest BCUT2D eigenvalue weighted by Crippen LogP contribution is 2.16. The Labute approximate surface area is 153 Å². The van der Waals surface area contributed by atoms with E-state index in [0.717, 1.165) is 0 Å². The van der Waals surface area contributed by atoms with Gasteiger partial charge in [0.05, 0.1) is 17.7 Å². The molecule has 0 saturated heterocycles. The predicted molar refractivity (Wildman–Crippen MR) is 96.4 cm³/mol. The number of methoxy groups -OCH3 is 1. The van der Waals surface area contributed by atoms with Crippen LogP contribution in [0.25, 0.3) is 0 Å². The summed E-state index contributed by atoms with van der Waals surface area (Å²) in [6.45, 7) is 7.08. The fraction of sp³-hybridized carbons (Fsp3) is 0.500. The lowest BCUT2D eigenvalue weighted by molar-refractivity contribution is -0.149. The molecule has 0 aliphatic heterocycles. The number of halogens is 1. The summed E-state index contributed by atoms with van der Waals surface area (Å²) in [6, 6.07) is 5.63. The van der Waals surface area contributed by atoms with Crippen LogP contribution in [0.3, 0.4) is 0 Å². The molecule has 0 aliphatic carbocycles. The van der Waals surface area contributed by atoms with E-state index in [1.807, 2.05) is 13.8 Å².